The van der Waals surface area contributed by atoms with Crippen molar-refractivity contribution in [2.75, 3.05) is 11.1 Å². The monoisotopic (exact) mass is 274 g/mol. The second-order valence-electron chi connectivity index (χ2n) is 4.46. The zero-order valence-corrected chi connectivity index (χ0v) is 11.6. The fraction of sp³-hybridized carbons (Fsp3) is 0.133. The minimum atomic E-state index is -0.186. The highest BCUT2D eigenvalue weighted by Gasteiger charge is 2.12. The molecule has 0 saturated heterocycles. The van der Waals surface area contributed by atoms with Gasteiger partial charge in [0.2, 0.25) is 0 Å². The van der Waals surface area contributed by atoms with Gasteiger partial charge in [-0.15, -0.1) is 0 Å². The molecule has 0 aliphatic rings. The summed E-state index contributed by atoms with van der Waals surface area (Å²) in [7, 11) is 0. The first-order valence-electron chi connectivity index (χ1n) is 5.91. The molecule has 0 fully saturated rings. The van der Waals surface area contributed by atoms with Gasteiger partial charge >= 0.3 is 0 Å². The van der Waals surface area contributed by atoms with E-state index in [9.17, 15) is 4.79 Å². The van der Waals surface area contributed by atoms with E-state index in [-0.39, 0.29) is 5.91 Å². The van der Waals surface area contributed by atoms with Crippen LogP contribution < -0.4 is 11.1 Å². The molecule has 0 aliphatic heterocycles. The molecule has 0 heterocycles. The van der Waals surface area contributed by atoms with Crippen LogP contribution in [0.2, 0.25) is 5.02 Å². The maximum Gasteiger partial charge on any atom is 0.255 e. The maximum absolute atomic E-state index is 12.2. The average molecular weight is 275 g/mol. The van der Waals surface area contributed by atoms with E-state index >= 15 is 0 Å². The third-order valence-corrected chi connectivity index (χ3v) is 3.27. The Balaban J connectivity index is 2.31. The Kier molecular flexibility index (Phi) is 3.76. The lowest BCUT2D eigenvalue weighted by Crippen LogP contribution is -2.14. The molecule has 0 spiro atoms. The first-order valence-corrected chi connectivity index (χ1v) is 6.29. The summed E-state index contributed by atoms with van der Waals surface area (Å²) in [5.74, 6) is -0.186. The van der Waals surface area contributed by atoms with E-state index in [4.69, 9.17) is 17.3 Å². The number of hydrogen-bond donors (Lipinski definition) is 2. The molecular weight excluding hydrogens is 260 g/mol. The summed E-state index contributed by atoms with van der Waals surface area (Å²) < 4.78 is 0. The van der Waals surface area contributed by atoms with E-state index in [2.05, 4.69) is 5.32 Å². The molecule has 2 aromatic carbocycles. The van der Waals surface area contributed by atoms with Crippen LogP contribution in [0.25, 0.3) is 0 Å². The number of amides is 1. The van der Waals surface area contributed by atoms with Crippen molar-refractivity contribution < 1.29 is 4.79 Å². The van der Waals surface area contributed by atoms with E-state index in [0.717, 1.165) is 11.1 Å². The number of halogens is 1. The molecule has 19 heavy (non-hydrogen) atoms. The predicted molar refractivity (Wildman–Crippen MR) is 79.7 cm³/mol. The molecule has 2 aromatic rings. The Bertz CT molecular complexity index is 618. The van der Waals surface area contributed by atoms with Crippen molar-refractivity contribution in [1.29, 1.82) is 0 Å². The van der Waals surface area contributed by atoms with Crippen molar-refractivity contribution in [3.05, 3.63) is 58.1 Å². The number of nitrogens with one attached hydrogen (secondary N) is 1. The van der Waals surface area contributed by atoms with Crippen LogP contribution in [0.3, 0.4) is 0 Å². The van der Waals surface area contributed by atoms with Crippen LogP contribution in [0, 0.1) is 13.8 Å². The summed E-state index contributed by atoms with van der Waals surface area (Å²) in [6, 6.07) is 10.7. The van der Waals surface area contributed by atoms with E-state index < -0.39 is 0 Å². The lowest BCUT2D eigenvalue weighted by Gasteiger charge is -2.12. The van der Waals surface area contributed by atoms with Crippen LogP contribution in [0.5, 0.6) is 0 Å². The molecule has 1 amide bonds. The number of hydrogen-bond acceptors (Lipinski definition) is 2. The highest BCUT2D eigenvalue weighted by molar-refractivity contribution is 6.34. The lowest BCUT2D eigenvalue weighted by molar-refractivity contribution is 0.102. The fourth-order valence-electron chi connectivity index (χ4n) is 1.91. The number of benzene rings is 2. The van der Waals surface area contributed by atoms with E-state index in [1.54, 1.807) is 24.3 Å². The molecule has 0 aromatic heterocycles. The normalized spacial score (nSPS) is 10.3. The first-order chi connectivity index (χ1) is 8.99. The molecule has 0 aliphatic carbocycles. The van der Waals surface area contributed by atoms with Crippen LogP contribution in [0.15, 0.2) is 36.4 Å². The van der Waals surface area contributed by atoms with Crippen molar-refractivity contribution in [2.45, 2.75) is 13.8 Å². The lowest BCUT2D eigenvalue weighted by atomic mass is 10.1. The zero-order valence-electron chi connectivity index (χ0n) is 10.8. The number of nitrogens with two attached hydrogens (primary N) is 1. The van der Waals surface area contributed by atoms with Crippen molar-refractivity contribution >= 4 is 28.9 Å². The molecule has 0 saturated carbocycles. The highest BCUT2D eigenvalue weighted by atomic mass is 35.5. The minimum absolute atomic E-state index is 0.186. The summed E-state index contributed by atoms with van der Waals surface area (Å²) >= 11 is 6.09. The zero-order chi connectivity index (χ0) is 14.0. The minimum Gasteiger partial charge on any atom is -0.399 e. The van der Waals surface area contributed by atoms with Gasteiger partial charge in [0, 0.05) is 11.3 Å². The largest absolute Gasteiger partial charge is 0.399 e. The van der Waals surface area contributed by atoms with Gasteiger partial charge in [-0.2, -0.15) is 0 Å². The van der Waals surface area contributed by atoms with E-state index in [1.807, 2.05) is 26.0 Å². The smallest absolute Gasteiger partial charge is 0.255 e. The van der Waals surface area contributed by atoms with Crippen molar-refractivity contribution in [2.24, 2.45) is 0 Å². The maximum atomic E-state index is 12.2. The van der Waals surface area contributed by atoms with Crippen LogP contribution in [-0.2, 0) is 0 Å². The summed E-state index contributed by atoms with van der Waals surface area (Å²) in [6.45, 7) is 3.75. The molecule has 0 atom stereocenters. The Morgan fingerprint density at radius 2 is 1.89 bits per heavy atom. The third kappa shape index (κ3) is 2.88. The number of nitrogen functional groups attached to an aromatic ring is 1. The molecule has 0 radical (unpaired) electrons. The average Bonchev–Trinajstić information content (AvgIpc) is 2.33. The van der Waals surface area contributed by atoms with Gasteiger partial charge in [-0.05, 0) is 49.2 Å². The summed E-state index contributed by atoms with van der Waals surface area (Å²) in [5.41, 5.74) is 9.31. The topological polar surface area (TPSA) is 55.1 Å². The summed E-state index contributed by atoms with van der Waals surface area (Å²) in [6.07, 6.45) is 0. The van der Waals surface area contributed by atoms with Crippen molar-refractivity contribution in [3.63, 3.8) is 0 Å². The van der Waals surface area contributed by atoms with Gasteiger partial charge in [-0.25, -0.2) is 0 Å². The predicted octanol–water partition coefficient (Wildman–Crippen LogP) is 3.79. The Labute approximate surface area is 117 Å². The SMILES string of the molecule is Cc1cc(N)ccc1C(=O)Nc1c(C)cccc1Cl. The van der Waals surface area contributed by atoms with Crippen LogP contribution >= 0.6 is 11.6 Å². The first kappa shape index (κ1) is 13.4. The second kappa shape index (κ2) is 5.33. The van der Waals surface area contributed by atoms with Gasteiger partial charge in [-0.3, -0.25) is 4.79 Å². The fourth-order valence-corrected chi connectivity index (χ4v) is 2.18. The molecule has 3 N–H and O–H groups in total. The molecule has 3 nitrogen and oxygen atoms in total. The molecule has 4 heteroatoms. The van der Waals surface area contributed by atoms with Gasteiger partial charge in [0.15, 0.2) is 0 Å². The highest BCUT2D eigenvalue weighted by Crippen LogP contribution is 2.26. The van der Waals surface area contributed by atoms with Crippen molar-refractivity contribution in [3.8, 4) is 0 Å². The van der Waals surface area contributed by atoms with Gasteiger partial charge in [0.05, 0.1) is 10.7 Å². The number of aryl methyl sites for hydroxylation is 2. The summed E-state index contributed by atoms with van der Waals surface area (Å²) in [4.78, 5) is 12.2. The molecule has 2 rings (SSSR count). The van der Waals surface area contributed by atoms with Crippen LogP contribution in [0.1, 0.15) is 21.5 Å². The van der Waals surface area contributed by atoms with Crippen LogP contribution in [0.4, 0.5) is 11.4 Å². The molecule has 98 valence electrons. The molecule has 0 unspecified atom stereocenters. The number of para-hydroxylation sites is 1. The number of carbonyl (C=O) groups is 1. The van der Waals surface area contributed by atoms with Gasteiger partial charge in [-0.1, -0.05) is 23.7 Å². The van der Waals surface area contributed by atoms with Gasteiger partial charge in [0.25, 0.3) is 5.91 Å². The molecular formula is C15H15ClN2O. The third-order valence-electron chi connectivity index (χ3n) is 2.96. The Hall–Kier alpha value is -2.00. The van der Waals surface area contributed by atoms with Gasteiger partial charge < -0.3 is 11.1 Å². The standard InChI is InChI=1S/C15H15ClN2O/c1-9-4-3-5-13(16)14(9)18-15(19)12-7-6-11(17)8-10(12)2/h3-8H,17H2,1-2H3,(H,18,19). The Morgan fingerprint density at radius 3 is 2.53 bits per heavy atom. The van der Waals surface area contributed by atoms with Gasteiger partial charge in [0.1, 0.15) is 0 Å². The van der Waals surface area contributed by atoms with Crippen molar-refractivity contribution in [1.82, 2.24) is 0 Å². The molecule has 0 bridgehead atoms. The number of anilines is 2. The number of carbonyl (C=O) groups excluding carboxylic acids is 1. The summed E-state index contributed by atoms with van der Waals surface area (Å²) in [5, 5.41) is 3.37. The second-order valence-corrected chi connectivity index (χ2v) is 4.87. The van der Waals surface area contributed by atoms with E-state index in [1.165, 1.54) is 0 Å². The quantitative estimate of drug-likeness (QED) is 0.819. The van der Waals surface area contributed by atoms with E-state index in [0.29, 0.717) is 22.0 Å². The Morgan fingerprint density at radius 1 is 1.16 bits per heavy atom. The number of rotatable bonds is 2. The van der Waals surface area contributed by atoms with Crippen LogP contribution in [-0.4, -0.2) is 5.91 Å².